The Kier molecular flexibility index (Phi) is 4.98. The zero-order valence-electron chi connectivity index (χ0n) is 13.2. The number of para-hydroxylation sites is 1. The van der Waals surface area contributed by atoms with E-state index in [0.29, 0.717) is 0 Å². The van der Waals surface area contributed by atoms with Gasteiger partial charge in [0, 0.05) is 6.54 Å². The Balaban J connectivity index is 1.42. The van der Waals surface area contributed by atoms with Gasteiger partial charge in [-0.15, -0.1) is 0 Å². The van der Waals surface area contributed by atoms with Crippen molar-refractivity contribution in [2.75, 3.05) is 26.2 Å². The lowest BCUT2D eigenvalue weighted by Gasteiger charge is -2.40. The Morgan fingerprint density at radius 2 is 1.95 bits per heavy atom. The monoisotopic (exact) mass is 302 g/mol. The second-order valence-electron chi connectivity index (χ2n) is 6.35. The van der Waals surface area contributed by atoms with Gasteiger partial charge in [-0.1, -0.05) is 18.2 Å². The molecular formula is C18H26N2O2. The van der Waals surface area contributed by atoms with Crippen LogP contribution in [0.3, 0.4) is 0 Å². The van der Waals surface area contributed by atoms with Gasteiger partial charge in [0.25, 0.3) is 0 Å². The van der Waals surface area contributed by atoms with Gasteiger partial charge >= 0.3 is 0 Å². The third-order valence-corrected chi connectivity index (χ3v) is 4.93. The highest BCUT2D eigenvalue weighted by Crippen LogP contribution is 2.35. The second kappa shape index (κ2) is 7.14. The number of nitrogens with zero attached hydrogens (tertiary/aromatic N) is 1. The van der Waals surface area contributed by atoms with Crippen molar-refractivity contribution in [3.63, 3.8) is 0 Å². The zero-order valence-corrected chi connectivity index (χ0v) is 13.2. The van der Waals surface area contributed by atoms with E-state index in [-0.39, 0.29) is 11.4 Å². The van der Waals surface area contributed by atoms with Gasteiger partial charge in [0.2, 0.25) is 5.91 Å². The Morgan fingerprint density at radius 1 is 1.14 bits per heavy atom. The van der Waals surface area contributed by atoms with E-state index in [1.54, 1.807) is 0 Å². The largest absolute Gasteiger partial charge is 0.494 e. The average Bonchev–Trinajstić information content (AvgIpc) is 2.95. The van der Waals surface area contributed by atoms with Crippen LogP contribution in [0, 0.1) is 0 Å². The average molecular weight is 302 g/mol. The summed E-state index contributed by atoms with van der Waals surface area (Å²) < 4.78 is 5.73. The van der Waals surface area contributed by atoms with Crippen molar-refractivity contribution in [1.29, 1.82) is 0 Å². The molecule has 2 fully saturated rings. The maximum atomic E-state index is 12.3. The fourth-order valence-electron chi connectivity index (χ4n) is 3.77. The number of carbonyl (C=O) groups is 1. The van der Waals surface area contributed by atoms with Crippen LogP contribution in [0.4, 0.5) is 0 Å². The van der Waals surface area contributed by atoms with Gasteiger partial charge in [0.1, 0.15) is 11.3 Å². The third kappa shape index (κ3) is 3.27. The molecule has 1 aromatic carbocycles. The lowest BCUT2D eigenvalue weighted by molar-refractivity contribution is -0.134. The molecular weight excluding hydrogens is 276 g/mol. The molecule has 3 rings (SSSR count). The van der Waals surface area contributed by atoms with Crippen molar-refractivity contribution in [1.82, 2.24) is 10.2 Å². The van der Waals surface area contributed by atoms with Crippen molar-refractivity contribution in [3.05, 3.63) is 30.3 Å². The van der Waals surface area contributed by atoms with E-state index in [1.165, 1.54) is 0 Å². The standard InChI is InChI=1S/C18H26N2O2/c21-17-18(10-6-12-19-17)11-7-14-20(18)13-4-5-15-22-16-8-2-1-3-9-16/h1-3,8-9H,4-7,10-15H2,(H,19,21). The molecule has 2 heterocycles. The first-order valence-electron chi connectivity index (χ1n) is 8.52. The van der Waals surface area contributed by atoms with Gasteiger partial charge in [0.15, 0.2) is 0 Å². The van der Waals surface area contributed by atoms with Crippen molar-refractivity contribution in [2.45, 2.75) is 44.1 Å². The zero-order chi connectivity index (χ0) is 15.3. The summed E-state index contributed by atoms with van der Waals surface area (Å²) in [5, 5.41) is 3.06. The predicted octanol–water partition coefficient (Wildman–Crippen LogP) is 2.59. The minimum atomic E-state index is -0.196. The van der Waals surface area contributed by atoms with E-state index < -0.39 is 0 Å². The van der Waals surface area contributed by atoms with Gasteiger partial charge < -0.3 is 10.1 Å². The molecule has 1 aromatic rings. The number of likely N-dealkylation sites (tertiary alicyclic amines) is 1. The van der Waals surface area contributed by atoms with E-state index >= 15 is 0 Å². The number of hydrogen-bond donors (Lipinski definition) is 1. The lowest BCUT2D eigenvalue weighted by atomic mass is 9.86. The highest BCUT2D eigenvalue weighted by atomic mass is 16.5. The summed E-state index contributed by atoms with van der Waals surface area (Å²) in [6, 6.07) is 9.95. The van der Waals surface area contributed by atoms with Crippen LogP contribution in [0.1, 0.15) is 38.5 Å². The van der Waals surface area contributed by atoms with Crippen LogP contribution in [0.25, 0.3) is 0 Å². The summed E-state index contributed by atoms with van der Waals surface area (Å²) in [7, 11) is 0. The molecule has 1 unspecified atom stereocenters. The molecule has 1 N–H and O–H groups in total. The molecule has 0 saturated carbocycles. The van der Waals surface area contributed by atoms with Crippen molar-refractivity contribution in [3.8, 4) is 5.75 Å². The van der Waals surface area contributed by atoms with Gasteiger partial charge in [0.05, 0.1) is 6.61 Å². The van der Waals surface area contributed by atoms with E-state index in [2.05, 4.69) is 10.2 Å². The summed E-state index contributed by atoms with van der Waals surface area (Å²) in [6.45, 7) is 3.66. The highest BCUT2D eigenvalue weighted by molar-refractivity contribution is 5.87. The van der Waals surface area contributed by atoms with Gasteiger partial charge in [-0.3, -0.25) is 9.69 Å². The number of nitrogens with one attached hydrogen (secondary N) is 1. The molecule has 4 nitrogen and oxygen atoms in total. The Labute approximate surface area is 132 Å². The Bertz CT molecular complexity index is 491. The van der Waals surface area contributed by atoms with Gasteiger partial charge in [-0.2, -0.15) is 0 Å². The van der Waals surface area contributed by atoms with Gasteiger partial charge in [-0.05, 0) is 63.7 Å². The molecule has 22 heavy (non-hydrogen) atoms. The number of rotatable bonds is 6. The molecule has 120 valence electrons. The fourth-order valence-corrected chi connectivity index (χ4v) is 3.77. The highest BCUT2D eigenvalue weighted by Gasteiger charge is 2.47. The minimum absolute atomic E-state index is 0.196. The summed E-state index contributed by atoms with van der Waals surface area (Å²) in [5.74, 6) is 1.20. The van der Waals surface area contributed by atoms with Crippen molar-refractivity contribution >= 4 is 5.91 Å². The molecule has 4 heteroatoms. The van der Waals surface area contributed by atoms with Crippen LogP contribution < -0.4 is 10.1 Å². The van der Waals surface area contributed by atoms with Gasteiger partial charge in [-0.25, -0.2) is 0 Å². The van der Waals surface area contributed by atoms with Crippen LogP contribution >= 0.6 is 0 Å². The van der Waals surface area contributed by atoms with Crippen molar-refractivity contribution < 1.29 is 9.53 Å². The van der Waals surface area contributed by atoms with Crippen molar-refractivity contribution in [2.24, 2.45) is 0 Å². The number of carbonyl (C=O) groups excluding carboxylic acids is 1. The fraction of sp³-hybridized carbons (Fsp3) is 0.611. The molecule has 1 spiro atoms. The number of hydrogen-bond acceptors (Lipinski definition) is 3. The first-order valence-corrected chi connectivity index (χ1v) is 8.52. The number of piperidine rings is 1. The predicted molar refractivity (Wildman–Crippen MR) is 87.0 cm³/mol. The Morgan fingerprint density at radius 3 is 2.77 bits per heavy atom. The van der Waals surface area contributed by atoms with Crippen LogP contribution in [-0.4, -0.2) is 42.6 Å². The number of amides is 1. The summed E-state index contributed by atoms with van der Waals surface area (Å²) >= 11 is 0. The minimum Gasteiger partial charge on any atom is -0.494 e. The summed E-state index contributed by atoms with van der Waals surface area (Å²) in [4.78, 5) is 14.7. The number of benzene rings is 1. The molecule has 0 radical (unpaired) electrons. The maximum Gasteiger partial charge on any atom is 0.240 e. The second-order valence-corrected chi connectivity index (χ2v) is 6.35. The SMILES string of the molecule is O=C1NCCCC12CCCN2CCCCOc1ccccc1. The first kappa shape index (κ1) is 15.3. The van der Waals surface area contributed by atoms with E-state index in [0.717, 1.165) is 70.5 Å². The van der Waals surface area contributed by atoms with E-state index in [9.17, 15) is 4.79 Å². The first-order chi connectivity index (χ1) is 10.8. The molecule has 0 aromatic heterocycles. The third-order valence-electron chi connectivity index (χ3n) is 4.93. The summed E-state index contributed by atoms with van der Waals surface area (Å²) in [5.41, 5.74) is -0.196. The molecule has 2 saturated heterocycles. The lowest BCUT2D eigenvalue weighted by Crippen LogP contribution is -2.58. The molecule has 1 amide bonds. The van der Waals surface area contributed by atoms with Crippen LogP contribution in [-0.2, 0) is 4.79 Å². The normalized spacial score (nSPS) is 25.4. The Hall–Kier alpha value is -1.55. The number of unbranched alkanes of at least 4 members (excludes halogenated alkanes) is 1. The summed E-state index contributed by atoms with van der Waals surface area (Å²) in [6.07, 6.45) is 6.43. The smallest absolute Gasteiger partial charge is 0.240 e. The van der Waals surface area contributed by atoms with Crippen LogP contribution in [0.15, 0.2) is 30.3 Å². The molecule has 2 aliphatic rings. The molecule has 0 aliphatic carbocycles. The molecule has 2 aliphatic heterocycles. The molecule has 0 bridgehead atoms. The van der Waals surface area contributed by atoms with E-state index in [4.69, 9.17) is 4.74 Å². The quantitative estimate of drug-likeness (QED) is 0.821. The van der Waals surface area contributed by atoms with Crippen LogP contribution in [0.2, 0.25) is 0 Å². The van der Waals surface area contributed by atoms with Crippen LogP contribution in [0.5, 0.6) is 5.75 Å². The molecule has 1 atom stereocenters. The topological polar surface area (TPSA) is 41.6 Å². The van der Waals surface area contributed by atoms with E-state index in [1.807, 2.05) is 30.3 Å². The number of ether oxygens (including phenoxy) is 1. The maximum absolute atomic E-state index is 12.3.